The van der Waals surface area contributed by atoms with Crippen LogP contribution in [0.2, 0.25) is 0 Å². The number of allylic oxidation sites excluding steroid dienone is 2. The van der Waals surface area contributed by atoms with Crippen LogP contribution < -0.4 is 0 Å². The van der Waals surface area contributed by atoms with Crippen molar-refractivity contribution >= 4 is 5.78 Å². The summed E-state index contributed by atoms with van der Waals surface area (Å²) in [6, 6.07) is 0. The van der Waals surface area contributed by atoms with Crippen molar-refractivity contribution < 1.29 is 4.79 Å². The average molecular weight is 136 g/mol. The molecule has 0 spiro atoms. The Kier molecular flexibility index (Phi) is 1.19. The Bertz CT molecular complexity index is 203. The third kappa shape index (κ3) is 0.731. The molecule has 3 aliphatic carbocycles. The zero-order valence-electron chi connectivity index (χ0n) is 6.26. The normalized spacial score (nSPS) is 38.1. The first-order valence-corrected chi connectivity index (χ1v) is 3.98. The fourth-order valence-electron chi connectivity index (χ4n) is 2.16. The number of Topliss-reactive ketones (excluding diaryl/α,β-unsaturated/α-hetero) is 1. The summed E-state index contributed by atoms with van der Waals surface area (Å²) in [6.45, 7) is 2.09. The maximum absolute atomic E-state index is 11.2. The lowest BCUT2D eigenvalue weighted by Gasteiger charge is -2.32. The predicted octanol–water partition coefficient (Wildman–Crippen LogP) is 1.93. The van der Waals surface area contributed by atoms with Gasteiger partial charge in [0, 0.05) is 12.3 Å². The highest BCUT2D eigenvalue weighted by molar-refractivity contribution is 5.86. The minimum atomic E-state index is 0.310. The standard InChI is InChI=1S/C9H12O/c1-6-4-7-2-3-8(6)9(10)5-7/h4,7-8H,2-3,5H2,1H3. The minimum Gasteiger partial charge on any atom is -0.299 e. The Balaban J connectivity index is 2.35. The van der Waals surface area contributed by atoms with Gasteiger partial charge in [0.25, 0.3) is 0 Å². The van der Waals surface area contributed by atoms with E-state index in [1.807, 2.05) is 0 Å². The van der Waals surface area contributed by atoms with E-state index >= 15 is 0 Å². The number of carbonyl (C=O) groups is 1. The quantitative estimate of drug-likeness (QED) is 0.465. The second-order valence-corrected chi connectivity index (χ2v) is 3.47. The average Bonchev–Trinajstić information content (AvgIpc) is 1.86. The summed E-state index contributed by atoms with van der Waals surface area (Å²) in [7, 11) is 0. The van der Waals surface area contributed by atoms with Crippen LogP contribution in [0.1, 0.15) is 26.2 Å². The van der Waals surface area contributed by atoms with Crippen LogP contribution in [0.4, 0.5) is 0 Å². The van der Waals surface area contributed by atoms with Crippen molar-refractivity contribution in [2.75, 3.05) is 0 Å². The lowest BCUT2D eigenvalue weighted by atomic mass is 9.71. The van der Waals surface area contributed by atoms with Crippen molar-refractivity contribution in [3.8, 4) is 0 Å². The molecule has 0 aromatic rings. The van der Waals surface area contributed by atoms with Crippen LogP contribution in [0.5, 0.6) is 0 Å². The molecular formula is C9H12O. The van der Waals surface area contributed by atoms with Crippen molar-refractivity contribution in [1.29, 1.82) is 0 Å². The smallest absolute Gasteiger partial charge is 0.140 e. The third-order valence-electron chi connectivity index (χ3n) is 2.73. The van der Waals surface area contributed by atoms with Crippen LogP contribution in [0.25, 0.3) is 0 Å². The molecule has 0 aromatic heterocycles. The Labute approximate surface area is 61.1 Å². The van der Waals surface area contributed by atoms with E-state index in [9.17, 15) is 4.79 Å². The highest BCUT2D eigenvalue weighted by Crippen LogP contribution is 2.37. The molecule has 3 aliphatic rings. The molecule has 0 radical (unpaired) electrons. The zero-order valence-corrected chi connectivity index (χ0v) is 6.26. The van der Waals surface area contributed by atoms with E-state index in [1.54, 1.807) is 0 Å². The number of hydrogen-bond donors (Lipinski definition) is 0. The second-order valence-electron chi connectivity index (χ2n) is 3.47. The molecule has 0 N–H and O–H groups in total. The molecule has 2 atom stereocenters. The number of carbonyl (C=O) groups excluding carboxylic acids is 1. The molecule has 2 unspecified atom stereocenters. The van der Waals surface area contributed by atoms with Gasteiger partial charge in [-0.15, -0.1) is 0 Å². The van der Waals surface area contributed by atoms with Crippen LogP contribution in [0.3, 0.4) is 0 Å². The summed E-state index contributed by atoms with van der Waals surface area (Å²) in [5.74, 6) is 1.39. The van der Waals surface area contributed by atoms with Crippen LogP contribution in [-0.4, -0.2) is 5.78 Å². The van der Waals surface area contributed by atoms with E-state index in [2.05, 4.69) is 13.0 Å². The number of fused-ring (bicyclic) bond motifs is 2. The molecule has 0 aromatic carbocycles. The Hall–Kier alpha value is -0.590. The Morgan fingerprint density at radius 2 is 2.30 bits per heavy atom. The molecule has 1 fully saturated rings. The summed E-state index contributed by atoms with van der Waals surface area (Å²) in [5, 5.41) is 0. The fourth-order valence-corrected chi connectivity index (χ4v) is 2.16. The van der Waals surface area contributed by atoms with E-state index < -0.39 is 0 Å². The van der Waals surface area contributed by atoms with Gasteiger partial charge in [-0.3, -0.25) is 4.79 Å². The van der Waals surface area contributed by atoms with Crippen LogP contribution in [0, 0.1) is 11.8 Å². The van der Waals surface area contributed by atoms with Crippen molar-refractivity contribution in [1.82, 2.24) is 0 Å². The van der Waals surface area contributed by atoms with Gasteiger partial charge in [0.1, 0.15) is 5.78 Å². The molecule has 0 saturated heterocycles. The second kappa shape index (κ2) is 1.94. The third-order valence-corrected chi connectivity index (χ3v) is 2.73. The van der Waals surface area contributed by atoms with E-state index in [0.29, 0.717) is 17.6 Å². The van der Waals surface area contributed by atoms with Gasteiger partial charge in [0.05, 0.1) is 0 Å². The van der Waals surface area contributed by atoms with E-state index in [-0.39, 0.29) is 0 Å². The first kappa shape index (κ1) is 6.14. The molecule has 2 bridgehead atoms. The van der Waals surface area contributed by atoms with Gasteiger partial charge in [-0.25, -0.2) is 0 Å². The zero-order chi connectivity index (χ0) is 7.14. The SMILES string of the molecule is CC1=CC2CCC1C(=O)C2. The fraction of sp³-hybridized carbons (Fsp3) is 0.667. The van der Waals surface area contributed by atoms with E-state index in [1.165, 1.54) is 12.0 Å². The largest absolute Gasteiger partial charge is 0.299 e. The maximum atomic E-state index is 11.2. The molecule has 0 heterocycles. The van der Waals surface area contributed by atoms with Gasteiger partial charge >= 0.3 is 0 Å². The van der Waals surface area contributed by atoms with Crippen molar-refractivity contribution in [3.05, 3.63) is 11.6 Å². The van der Waals surface area contributed by atoms with Crippen molar-refractivity contribution in [2.45, 2.75) is 26.2 Å². The summed E-state index contributed by atoms with van der Waals surface area (Å²) in [5.41, 5.74) is 1.33. The van der Waals surface area contributed by atoms with Gasteiger partial charge in [-0.1, -0.05) is 11.6 Å². The lowest BCUT2D eigenvalue weighted by Crippen LogP contribution is -2.29. The van der Waals surface area contributed by atoms with Crippen molar-refractivity contribution in [3.63, 3.8) is 0 Å². The van der Waals surface area contributed by atoms with Crippen LogP contribution in [0.15, 0.2) is 11.6 Å². The first-order valence-electron chi connectivity index (χ1n) is 3.98. The molecule has 1 heteroatoms. The summed E-state index contributed by atoms with van der Waals surface area (Å²) in [4.78, 5) is 11.2. The minimum absolute atomic E-state index is 0.310. The topological polar surface area (TPSA) is 17.1 Å². The molecule has 1 nitrogen and oxygen atoms in total. The predicted molar refractivity (Wildman–Crippen MR) is 39.6 cm³/mol. The van der Waals surface area contributed by atoms with Crippen LogP contribution in [-0.2, 0) is 4.79 Å². The Morgan fingerprint density at radius 3 is 2.70 bits per heavy atom. The van der Waals surface area contributed by atoms with Gasteiger partial charge < -0.3 is 0 Å². The molecule has 0 amide bonds. The van der Waals surface area contributed by atoms with Gasteiger partial charge in [0.15, 0.2) is 0 Å². The number of hydrogen-bond acceptors (Lipinski definition) is 1. The molecule has 0 aliphatic heterocycles. The summed E-state index contributed by atoms with van der Waals surface area (Å²) >= 11 is 0. The summed E-state index contributed by atoms with van der Waals surface area (Å²) < 4.78 is 0. The monoisotopic (exact) mass is 136 g/mol. The van der Waals surface area contributed by atoms with Gasteiger partial charge in [-0.05, 0) is 25.7 Å². The Morgan fingerprint density at radius 1 is 1.50 bits per heavy atom. The highest BCUT2D eigenvalue weighted by Gasteiger charge is 2.33. The molecule has 1 saturated carbocycles. The van der Waals surface area contributed by atoms with Gasteiger partial charge in [0.2, 0.25) is 0 Å². The number of rotatable bonds is 0. The highest BCUT2D eigenvalue weighted by atomic mass is 16.1. The van der Waals surface area contributed by atoms with Crippen molar-refractivity contribution in [2.24, 2.45) is 11.8 Å². The number of ketones is 1. The first-order chi connectivity index (χ1) is 4.77. The van der Waals surface area contributed by atoms with Gasteiger partial charge in [-0.2, -0.15) is 0 Å². The molecule has 10 heavy (non-hydrogen) atoms. The van der Waals surface area contributed by atoms with Crippen LogP contribution >= 0.6 is 0 Å². The lowest BCUT2D eigenvalue weighted by molar-refractivity contribution is -0.124. The van der Waals surface area contributed by atoms with E-state index in [4.69, 9.17) is 0 Å². The summed E-state index contributed by atoms with van der Waals surface area (Å²) in [6.07, 6.45) is 5.47. The molecule has 3 rings (SSSR count). The molecule has 54 valence electrons. The molecular weight excluding hydrogens is 124 g/mol. The maximum Gasteiger partial charge on any atom is 0.140 e. The van der Waals surface area contributed by atoms with E-state index in [0.717, 1.165) is 12.8 Å².